The maximum absolute atomic E-state index is 12.3. The number of carbonyl (C=O) groups is 2. The van der Waals surface area contributed by atoms with Crippen molar-refractivity contribution < 1.29 is 14.7 Å². The Morgan fingerprint density at radius 3 is 2.70 bits per heavy atom. The van der Waals surface area contributed by atoms with Crippen LogP contribution in [0, 0.1) is 0 Å². The Hall–Kier alpha value is -1.88. The molecule has 1 aliphatic heterocycles. The topological polar surface area (TPSA) is 60.9 Å². The van der Waals surface area contributed by atoms with Crippen LogP contribution in [0.5, 0.6) is 0 Å². The van der Waals surface area contributed by atoms with E-state index in [9.17, 15) is 9.59 Å². The molecule has 108 valence electrons. The molecule has 0 radical (unpaired) electrons. The minimum atomic E-state index is -0.978. The van der Waals surface area contributed by atoms with Crippen LogP contribution in [0.2, 0.25) is 0 Å². The summed E-state index contributed by atoms with van der Waals surface area (Å²) in [5, 5.41) is 8.77. The first-order valence-electron chi connectivity index (χ1n) is 6.82. The Morgan fingerprint density at radius 1 is 1.35 bits per heavy atom. The van der Waals surface area contributed by atoms with Crippen molar-refractivity contribution in [3.63, 3.8) is 0 Å². The van der Waals surface area contributed by atoms with Gasteiger partial charge < -0.3 is 10.0 Å². The van der Waals surface area contributed by atoms with Gasteiger partial charge in [0.1, 0.15) is 6.54 Å². The summed E-state index contributed by atoms with van der Waals surface area (Å²) in [4.78, 5) is 26.4. The normalized spacial score (nSPS) is 18.9. The molecular weight excluding hydrogens is 256 g/mol. The molecule has 1 atom stereocenters. The van der Waals surface area contributed by atoms with Gasteiger partial charge in [-0.15, -0.1) is 0 Å². The lowest BCUT2D eigenvalue weighted by Crippen LogP contribution is -2.45. The van der Waals surface area contributed by atoms with E-state index in [1.807, 2.05) is 30.3 Å². The van der Waals surface area contributed by atoms with Crippen molar-refractivity contribution >= 4 is 11.9 Å². The molecule has 1 heterocycles. The minimum Gasteiger partial charge on any atom is -0.480 e. The number of benzene rings is 1. The highest BCUT2D eigenvalue weighted by Crippen LogP contribution is 2.21. The predicted molar refractivity (Wildman–Crippen MR) is 75.1 cm³/mol. The first-order chi connectivity index (χ1) is 9.58. The second-order valence-electron chi connectivity index (χ2n) is 5.20. The van der Waals surface area contributed by atoms with Gasteiger partial charge in [0, 0.05) is 13.6 Å². The molecule has 0 spiro atoms. The van der Waals surface area contributed by atoms with E-state index in [0.717, 1.165) is 25.9 Å². The fourth-order valence-corrected chi connectivity index (χ4v) is 2.65. The van der Waals surface area contributed by atoms with Crippen LogP contribution in [0.1, 0.15) is 18.4 Å². The van der Waals surface area contributed by atoms with Gasteiger partial charge in [-0.1, -0.05) is 30.3 Å². The monoisotopic (exact) mass is 276 g/mol. The molecule has 1 fully saturated rings. The van der Waals surface area contributed by atoms with Crippen molar-refractivity contribution in [3.8, 4) is 0 Å². The molecule has 0 bridgehead atoms. The standard InChI is InChI=1S/C15H20N2O3/c1-16(11-14(18)19)15(20)13-8-5-9-17(13)10-12-6-3-2-4-7-12/h2-4,6-7,13H,5,8-11H2,1H3,(H,18,19). The molecule has 0 saturated carbocycles. The Balaban J connectivity index is 2.00. The summed E-state index contributed by atoms with van der Waals surface area (Å²) in [7, 11) is 1.55. The van der Waals surface area contributed by atoms with Crippen LogP contribution in [-0.2, 0) is 16.1 Å². The van der Waals surface area contributed by atoms with E-state index in [0.29, 0.717) is 0 Å². The number of hydrogen-bond acceptors (Lipinski definition) is 3. The van der Waals surface area contributed by atoms with Gasteiger partial charge in [-0.3, -0.25) is 14.5 Å². The molecule has 1 saturated heterocycles. The summed E-state index contributed by atoms with van der Waals surface area (Å²) in [6, 6.07) is 9.83. The molecule has 1 aromatic rings. The fourth-order valence-electron chi connectivity index (χ4n) is 2.65. The zero-order valence-electron chi connectivity index (χ0n) is 11.7. The Morgan fingerprint density at radius 2 is 2.05 bits per heavy atom. The molecule has 1 aromatic carbocycles. The van der Waals surface area contributed by atoms with Crippen molar-refractivity contribution in [3.05, 3.63) is 35.9 Å². The number of aliphatic carboxylic acids is 1. The minimum absolute atomic E-state index is 0.0965. The molecule has 2 rings (SSSR count). The van der Waals surface area contributed by atoms with Crippen LogP contribution < -0.4 is 0 Å². The smallest absolute Gasteiger partial charge is 0.323 e. The van der Waals surface area contributed by atoms with Crippen molar-refractivity contribution in [2.75, 3.05) is 20.1 Å². The maximum atomic E-state index is 12.3. The lowest BCUT2D eigenvalue weighted by atomic mass is 10.1. The Kier molecular flexibility index (Phi) is 4.74. The molecule has 0 aliphatic carbocycles. The fraction of sp³-hybridized carbons (Fsp3) is 0.467. The first kappa shape index (κ1) is 14.5. The number of carboxylic acid groups (broad SMARTS) is 1. The van der Waals surface area contributed by atoms with E-state index in [4.69, 9.17) is 5.11 Å². The van der Waals surface area contributed by atoms with Gasteiger partial charge in [0.25, 0.3) is 0 Å². The number of likely N-dealkylation sites (tertiary alicyclic amines) is 1. The molecular formula is C15H20N2O3. The lowest BCUT2D eigenvalue weighted by molar-refractivity contribution is -0.145. The molecule has 1 N–H and O–H groups in total. The van der Waals surface area contributed by atoms with Crippen LogP contribution >= 0.6 is 0 Å². The van der Waals surface area contributed by atoms with Gasteiger partial charge in [-0.05, 0) is 24.9 Å². The zero-order valence-corrected chi connectivity index (χ0v) is 11.7. The largest absolute Gasteiger partial charge is 0.480 e. The van der Waals surface area contributed by atoms with Crippen molar-refractivity contribution in [2.45, 2.75) is 25.4 Å². The van der Waals surface area contributed by atoms with Gasteiger partial charge in [-0.25, -0.2) is 0 Å². The lowest BCUT2D eigenvalue weighted by Gasteiger charge is -2.27. The Labute approximate surface area is 118 Å². The summed E-state index contributed by atoms with van der Waals surface area (Å²) in [6.07, 6.45) is 1.78. The van der Waals surface area contributed by atoms with Crippen molar-refractivity contribution in [1.82, 2.24) is 9.80 Å². The number of carboxylic acids is 1. The SMILES string of the molecule is CN(CC(=O)O)C(=O)C1CCCN1Cc1ccccc1. The van der Waals surface area contributed by atoms with Crippen molar-refractivity contribution in [2.24, 2.45) is 0 Å². The molecule has 1 aliphatic rings. The van der Waals surface area contributed by atoms with Crippen LogP contribution in [0.25, 0.3) is 0 Å². The molecule has 1 unspecified atom stereocenters. The highest BCUT2D eigenvalue weighted by Gasteiger charge is 2.32. The number of carbonyl (C=O) groups excluding carboxylic acids is 1. The average Bonchev–Trinajstić information content (AvgIpc) is 2.86. The Bertz CT molecular complexity index is 475. The van der Waals surface area contributed by atoms with Gasteiger partial charge in [-0.2, -0.15) is 0 Å². The van der Waals surface area contributed by atoms with E-state index in [1.165, 1.54) is 10.5 Å². The highest BCUT2D eigenvalue weighted by molar-refractivity contribution is 5.85. The zero-order chi connectivity index (χ0) is 14.5. The van der Waals surface area contributed by atoms with Gasteiger partial charge in [0.05, 0.1) is 6.04 Å². The predicted octanol–water partition coefficient (Wildman–Crippen LogP) is 1.19. The van der Waals surface area contributed by atoms with Crippen LogP contribution in [-0.4, -0.2) is 53.0 Å². The second kappa shape index (κ2) is 6.52. The number of hydrogen-bond donors (Lipinski definition) is 1. The number of likely N-dealkylation sites (N-methyl/N-ethyl adjacent to an activating group) is 1. The van der Waals surface area contributed by atoms with E-state index in [1.54, 1.807) is 7.05 Å². The third kappa shape index (κ3) is 3.57. The van der Waals surface area contributed by atoms with E-state index in [2.05, 4.69) is 4.90 Å². The van der Waals surface area contributed by atoms with Gasteiger partial charge >= 0.3 is 5.97 Å². The summed E-state index contributed by atoms with van der Waals surface area (Å²) in [5.74, 6) is -1.07. The van der Waals surface area contributed by atoms with Crippen molar-refractivity contribution in [1.29, 1.82) is 0 Å². The van der Waals surface area contributed by atoms with Gasteiger partial charge in [0.15, 0.2) is 0 Å². The highest BCUT2D eigenvalue weighted by atomic mass is 16.4. The third-order valence-corrected chi connectivity index (χ3v) is 3.63. The van der Waals surface area contributed by atoms with Crippen LogP contribution in [0.4, 0.5) is 0 Å². The quantitative estimate of drug-likeness (QED) is 0.877. The summed E-state index contributed by atoms with van der Waals surface area (Å²) in [6.45, 7) is 1.37. The average molecular weight is 276 g/mol. The number of amides is 1. The molecule has 5 nitrogen and oxygen atoms in total. The summed E-state index contributed by atoms with van der Waals surface area (Å²) < 4.78 is 0. The second-order valence-corrected chi connectivity index (χ2v) is 5.20. The summed E-state index contributed by atoms with van der Waals surface area (Å²) >= 11 is 0. The van der Waals surface area contributed by atoms with E-state index >= 15 is 0 Å². The van der Waals surface area contributed by atoms with E-state index < -0.39 is 5.97 Å². The maximum Gasteiger partial charge on any atom is 0.323 e. The van der Waals surface area contributed by atoms with Crippen LogP contribution in [0.15, 0.2) is 30.3 Å². The van der Waals surface area contributed by atoms with Crippen LogP contribution in [0.3, 0.4) is 0 Å². The van der Waals surface area contributed by atoms with Gasteiger partial charge in [0.2, 0.25) is 5.91 Å². The summed E-state index contributed by atoms with van der Waals surface area (Å²) in [5.41, 5.74) is 1.17. The molecule has 1 amide bonds. The first-order valence-corrected chi connectivity index (χ1v) is 6.82. The van der Waals surface area contributed by atoms with E-state index in [-0.39, 0.29) is 18.5 Å². The number of rotatable bonds is 5. The molecule has 5 heteroatoms. The third-order valence-electron chi connectivity index (χ3n) is 3.63. The molecule has 0 aromatic heterocycles. The molecule has 20 heavy (non-hydrogen) atoms. The number of nitrogens with zero attached hydrogens (tertiary/aromatic N) is 2.